The summed E-state index contributed by atoms with van der Waals surface area (Å²) in [7, 11) is 0. The molecular formula is C21H22N2O11. The molecule has 182 valence electrons. The van der Waals surface area contributed by atoms with Crippen LogP contribution in [0.25, 0.3) is 0 Å². The second-order valence-corrected chi connectivity index (χ2v) is 6.98. The number of rotatable bonds is 8. The third kappa shape index (κ3) is 5.35. The second-order valence-electron chi connectivity index (χ2n) is 6.98. The van der Waals surface area contributed by atoms with E-state index in [0.29, 0.717) is 4.90 Å². The molecule has 0 radical (unpaired) electrons. The van der Waals surface area contributed by atoms with Gasteiger partial charge in [-0.15, -0.1) is 0 Å². The minimum Gasteiger partial charge on any atom is -0.506 e. The molecule has 13 heteroatoms. The van der Waals surface area contributed by atoms with Crippen LogP contribution < -0.4 is 10.5 Å². The summed E-state index contributed by atoms with van der Waals surface area (Å²) in [6, 6.07) is 5.07. The minimum atomic E-state index is -2.01. The third-order valence-corrected chi connectivity index (χ3v) is 4.54. The van der Waals surface area contributed by atoms with Gasteiger partial charge in [0.05, 0.1) is 30.3 Å². The Morgan fingerprint density at radius 2 is 1.56 bits per heavy atom. The van der Waals surface area contributed by atoms with E-state index in [0.717, 1.165) is 13.0 Å². The number of hydrogen-bond acceptors (Lipinski definition) is 12. The molecule has 0 aliphatic rings. The smallest absolute Gasteiger partial charge is 0.351 e. The summed E-state index contributed by atoms with van der Waals surface area (Å²) >= 11 is 0. The number of ketones is 1. The van der Waals surface area contributed by atoms with Gasteiger partial charge in [0.2, 0.25) is 0 Å². The van der Waals surface area contributed by atoms with Crippen molar-refractivity contribution in [3.05, 3.63) is 45.8 Å². The Hall–Kier alpha value is -3.91. The van der Waals surface area contributed by atoms with Gasteiger partial charge in [-0.05, 0) is 32.0 Å². The lowest BCUT2D eigenvalue weighted by atomic mass is 10.1. The summed E-state index contributed by atoms with van der Waals surface area (Å²) in [5.74, 6) is -5.29. The van der Waals surface area contributed by atoms with Crippen LogP contribution in [0, 0.1) is 0 Å². The van der Waals surface area contributed by atoms with E-state index in [-0.39, 0.29) is 17.1 Å². The van der Waals surface area contributed by atoms with Gasteiger partial charge in [0, 0.05) is 0 Å². The zero-order chi connectivity index (χ0) is 25.7. The minimum absolute atomic E-state index is 0.00817. The fraction of sp³-hybridized carbons (Fsp3) is 0.286. The molecule has 2 aromatic rings. The van der Waals surface area contributed by atoms with E-state index in [1.807, 2.05) is 0 Å². The summed E-state index contributed by atoms with van der Waals surface area (Å²) in [6.45, 7) is 0.254. The maximum Gasteiger partial charge on any atom is 0.351 e. The molecule has 6 N–H and O–H groups in total. The summed E-state index contributed by atoms with van der Waals surface area (Å²) in [5, 5.41) is 57.5. The molecule has 0 aliphatic heterocycles. The van der Waals surface area contributed by atoms with E-state index in [9.17, 15) is 39.6 Å². The molecule has 1 heterocycles. The van der Waals surface area contributed by atoms with Crippen LogP contribution in [0.15, 0.2) is 38.5 Å². The lowest BCUT2D eigenvalue weighted by Gasteiger charge is -2.24. The standard InChI is InChI=1S/C21H22N2O11/c1-9(15-17(29)16(10(2)26)21(33)34-20(15)32)22-11-4-3-5-12(6-11)23(18(30)13(27)7-24)19(31)14(28)8-25/h3-6,13-14,24-25,27-29,33H,7-8H2,1-2H3. The Balaban J connectivity index is 2.61. The van der Waals surface area contributed by atoms with Crippen molar-refractivity contribution in [3.63, 3.8) is 0 Å². The number of aromatic hydroxyl groups is 2. The fourth-order valence-electron chi connectivity index (χ4n) is 2.92. The monoisotopic (exact) mass is 478 g/mol. The molecule has 34 heavy (non-hydrogen) atoms. The first-order valence-corrected chi connectivity index (χ1v) is 9.65. The van der Waals surface area contributed by atoms with Gasteiger partial charge in [0.15, 0.2) is 18.0 Å². The third-order valence-electron chi connectivity index (χ3n) is 4.54. The Bertz CT molecular complexity index is 1180. The number of hydrogen-bond donors (Lipinski definition) is 6. The van der Waals surface area contributed by atoms with Crippen molar-refractivity contribution in [2.75, 3.05) is 18.1 Å². The summed E-state index contributed by atoms with van der Waals surface area (Å²) in [6.07, 6.45) is -4.01. The number of aliphatic hydroxyl groups excluding tert-OH is 4. The molecule has 1 aromatic heterocycles. The number of Topliss-reactive ketones (excluding diaryl/α,β-unsaturated/α-hetero) is 1. The summed E-state index contributed by atoms with van der Waals surface area (Å²) < 4.78 is 4.58. The van der Waals surface area contributed by atoms with Crippen LogP contribution in [0.5, 0.6) is 11.7 Å². The van der Waals surface area contributed by atoms with Crippen LogP contribution in [0.2, 0.25) is 0 Å². The lowest BCUT2D eigenvalue weighted by molar-refractivity contribution is -0.137. The van der Waals surface area contributed by atoms with E-state index >= 15 is 0 Å². The molecule has 0 bridgehead atoms. The predicted molar refractivity (Wildman–Crippen MR) is 115 cm³/mol. The van der Waals surface area contributed by atoms with Crippen LogP contribution in [0.1, 0.15) is 29.8 Å². The van der Waals surface area contributed by atoms with E-state index < -0.39 is 71.5 Å². The Morgan fingerprint density at radius 1 is 1.00 bits per heavy atom. The zero-order valence-electron chi connectivity index (χ0n) is 18.0. The van der Waals surface area contributed by atoms with Crippen molar-refractivity contribution in [1.82, 2.24) is 0 Å². The van der Waals surface area contributed by atoms with Gasteiger partial charge in [-0.1, -0.05) is 6.07 Å². The number of carbonyl (C=O) groups excluding carboxylic acids is 3. The number of carbonyl (C=O) groups is 3. The van der Waals surface area contributed by atoms with Gasteiger partial charge in [-0.3, -0.25) is 19.4 Å². The van der Waals surface area contributed by atoms with E-state index in [4.69, 9.17) is 10.2 Å². The van der Waals surface area contributed by atoms with Gasteiger partial charge in [-0.2, -0.15) is 0 Å². The van der Waals surface area contributed by atoms with Crippen molar-refractivity contribution >= 4 is 34.7 Å². The molecule has 0 fully saturated rings. The van der Waals surface area contributed by atoms with Crippen molar-refractivity contribution in [1.29, 1.82) is 0 Å². The first-order valence-electron chi connectivity index (χ1n) is 9.65. The molecular weight excluding hydrogens is 456 g/mol. The average molecular weight is 478 g/mol. The maximum atomic E-state index is 12.4. The lowest BCUT2D eigenvalue weighted by Crippen LogP contribution is -2.49. The molecule has 2 unspecified atom stereocenters. The number of anilines is 1. The number of aliphatic imine (C=N–C) groups is 1. The molecule has 1 aromatic carbocycles. The van der Waals surface area contributed by atoms with E-state index in [2.05, 4.69) is 9.41 Å². The number of amides is 2. The zero-order valence-corrected chi connectivity index (χ0v) is 18.0. The van der Waals surface area contributed by atoms with E-state index in [1.54, 1.807) is 0 Å². The molecule has 0 saturated heterocycles. The topological polar surface area (TPSA) is 218 Å². The molecule has 2 atom stereocenters. The van der Waals surface area contributed by atoms with Crippen molar-refractivity contribution in [3.8, 4) is 11.7 Å². The quantitative estimate of drug-likeness (QED) is 0.199. The van der Waals surface area contributed by atoms with Crippen molar-refractivity contribution in [2.24, 2.45) is 4.99 Å². The highest BCUT2D eigenvalue weighted by atomic mass is 16.5. The molecule has 13 nitrogen and oxygen atoms in total. The van der Waals surface area contributed by atoms with Gasteiger partial charge in [0.1, 0.15) is 16.9 Å². The molecule has 2 amide bonds. The van der Waals surface area contributed by atoms with Gasteiger partial charge >= 0.3 is 5.63 Å². The van der Waals surface area contributed by atoms with Gasteiger partial charge in [-0.25, -0.2) is 9.69 Å². The molecule has 0 spiro atoms. The number of aliphatic hydroxyl groups is 4. The van der Waals surface area contributed by atoms with Crippen LogP contribution in [-0.4, -0.2) is 79.4 Å². The number of nitrogens with zero attached hydrogens (tertiary/aromatic N) is 2. The summed E-state index contributed by atoms with van der Waals surface area (Å²) in [5.41, 5.74) is -2.72. The second kappa shape index (κ2) is 10.8. The SMILES string of the molecule is CC(=O)c1c(O)oc(=O)c(C(C)=Nc2cccc(N(C(=O)C(O)CO)C(=O)C(O)CO)c2)c1O. The Morgan fingerprint density at radius 3 is 2.06 bits per heavy atom. The predicted octanol–water partition coefficient (Wildman–Crippen LogP) is -1.04. The van der Waals surface area contributed by atoms with Gasteiger partial charge < -0.3 is 35.1 Å². The fourth-order valence-corrected chi connectivity index (χ4v) is 2.92. The van der Waals surface area contributed by atoms with Crippen LogP contribution in [0.4, 0.5) is 11.4 Å². The largest absolute Gasteiger partial charge is 0.506 e. The Kier molecular flexibility index (Phi) is 8.37. The maximum absolute atomic E-state index is 12.4. The average Bonchev–Trinajstić information content (AvgIpc) is 2.77. The summed E-state index contributed by atoms with van der Waals surface area (Å²) in [4.78, 5) is 53.2. The highest BCUT2D eigenvalue weighted by Gasteiger charge is 2.32. The molecule has 0 aliphatic carbocycles. The number of imide groups is 1. The van der Waals surface area contributed by atoms with Crippen LogP contribution >= 0.6 is 0 Å². The first-order chi connectivity index (χ1) is 15.9. The first kappa shape index (κ1) is 26.3. The van der Waals surface area contributed by atoms with E-state index in [1.165, 1.54) is 25.1 Å². The number of benzene rings is 1. The highest BCUT2D eigenvalue weighted by Crippen LogP contribution is 2.30. The molecule has 2 rings (SSSR count). The highest BCUT2D eigenvalue weighted by molar-refractivity contribution is 6.17. The normalized spacial score (nSPS) is 13.3. The van der Waals surface area contributed by atoms with Crippen LogP contribution in [0.3, 0.4) is 0 Å². The van der Waals surface area contributed by atoms with Crippen molar-refractivity contribution in [2.45, 2.75) is 26.1 Å². The van der Waals surface area contributed by atoms with Crippen molar-refractivity contribution < 1.29 is 49.4 Å². The molecule has 0 saturated carbocycles. The Labute approximate surface area is 191 Å². The van der Waals surface area contributed by atoms with Crippen LogP contribution in [-0.2, 0) is 9.59 Å². The van der Waals surface area contributed by atoms with Gasteiger partial charge in [0.25, 0.3) is 17.8 Å².